The summed E-state index contributed by atoms with van der Waals surface area (Å²) in [5.74, 6) is -0.924. The second-order valence-electron chi connectivity index (χ2n) is 11.3. The second-order valence-corrected chi connectivity index (χ2v) is 13.6. The number of hydrogen-bond acceptors (Lipinski definition) is 4. The van der Waals surface area contributed by atoms with E-state index < -0.39 is 50.1 Å². The van der Waals surface area contributed by atoms with Crippen LogP contribution in [0.1, 0.15) is 49.3 Å². The number of hydrogen-bond donors (Lipinski definition) is 0. The number of fused-ring (bicyclic) bond motifs is 3. The molecule has 14 heteroatoms. The van der Waals surface area contributed by atoms with Crippen molar-refractivity contribution < 1.29 is 48.7 Å². The Morgan fingerprint density at radius 1 is 0.860 bits per heavy atom. The highest BCUT2D eigenvalue weighted by molar-refractivity contribution is 7.92. The molecular formula is C29H29F7N2O4S. The van der Waals surface area contributed by atoms with Crippen LogP contribution in [-0.2, 0) is 36.3 Å². The first-order chi connectivity index (χ1) is 20.0. The molecule has 2 aliphatic heterocycles. The van der Waals surface area contributed by atoms with Gasteiger partial charge in [-0.3, -0.25) is 9.59 Å². The van der Waals surface area contributed by atoms with Gasteiger partial charge in [0, 0.05) is 38.0 Å². The molecule has 3 aliphatic rings. The van der Waals surface area contributed by atoms with E-state index in [2.05, 4.69) is 0 Å². The quantitative estimate of drug-likeness (QED) is 0.420. The van der Waals surface area contributed by atoms with Crippen LogP contribution in [0.15, 0.2) is 53.4 Å². The summed E-state index contributed by atoms with van der Waals surface area (Å²) in [6.07, 6.45) is -12.3. The van der Waals surface area contributed by atoms with E-state index in [4.69, 9.17) is 0 Å². The third-order valence-corrected chi connectivity index (χ3v) is 11.7. The summed E-state index contributed by atoms with van der Waals surface area (Å²) in [5, 5.41) is 0. The normalized spacial score (nSPS) is 23.6. The molecule has 0 unspecified atom stereocenters. The van der Waals surface area contributed by atoms with E-state index in [1.54, 1.807) is 11.0 Å². The molecule has 2 atom stereocenters. The zero-order valence-corrected chi connectivity index (χ0v) is 23.8. The molecule has 2 heterocycles. The molecule has 0 spiro atoms. The summed E-state index contributed by atoms with van der Waals surface area (Å²) >= 11 is 0. The summed E-state index contributed by atoms with van der Waals surface area (Å²) in [4.78, 5) is 28.5. The van der Waals surface area contributed by atoms with E-state index >= 15 is 0 Å². The number of piperidine rings is 1. The number of carbonyl (C=O) groups excluding carboxylic acids is 2. The summed E-state index contributed by atoms with van der Waals surface area (Å²) in [6.45, 7) is 2.12. The summed E-state index contributed by atoms with van der Waals surface area (Å²) in [6, 6.07) is 7.94. The van der Waals surface area contributed by atoms with Crippen LogP contribution >= 0.6 is 0 Å². The molecule has 0 bridgehead atoms. The first kappa shape index (κ1) is 31.3. The number of benzene rings is 2. The third kappa shape index (κ3) is 4.71. The monoisotopic (exact) mass is 634 g/mol. The molecule has 1 aliphatic carbocycles. The number of halogens is 7. The predicted molar refractivity (Wildman–Crippen MR) is 140 cm³/mol. The zero-order chi connectivity index (χ0) is 31.6. The van der Waals surface area contributed by atoms with Gasteiger partial charge < -0.3 is 9.80 Å². The topological polar surface area (TPSA) is 74.8 Å². The van der Waals surface area contributed by atoms with Crippen LogP contribution < -0.4 is 0 Å². The van der Waals surface area contributed by atoms with Crippen LogP contribution in [0.25, 0.3) is 0 Å². The first-order valence-corrected chi connectivity index (χ1v) is 15.3. The fraction of sp³-hybridized carbons (Fsp3) is 0.517. The van der Waals surface area contributed by atoms with Crippen molar-refractivity contribution in [3.8, 4) is 0 Å². The molecule has 6 nitrogen and oxygen atoms in total. The van der Waals surface area contributed by atoms with Crippen molar-refractivity contribution >= 4 is 21.7 Å². The van der Waals surface area contributed by atoms with E-state index in [9.17, 15) is 48.7 Å². The van der Waals surface area contributed by atoms with Crippen molar-refractivity contribution in [2.24, 2.45) is 5.92 Å². The molecule has 43 heavy (non-hydrogen) atoms. The van der Waals surface area contributed by atoms with Crippen molar-refractivity contribution in [1.29, 1.82) is 0 Å². The number of nitrogens with zero attached hydrogens (tertiary/aromatic N) is 2. The minimum absolute atomic E-state index is 0.0121. The Labute approximate surface area is 243 Å². The average molecular weight is 635 g/mol. The van der Waals surface area contributed by atoms with Gasteiger partial charge in [0.1, 0.15) is 4.75 Å². The maximum atomic E-state index is 15.0. The van der Waals surface area contributed by atoms with Crippen LogP contribution in [0, 0.1) is 5.92 Å². The van der Waals surface area contributed by atoms with E-state index in [1.807, 2.05) is 0 Å². The van der Waals surface area contributed by atoms with Crippen molar-refractivity contribution in [2.75, 3.05) is 19.6 Å². The Hall–Kier alpha value is -3.16. The lowest BCUT2D eigenvalue weighted by Gasteiger charge is -2.44. The van der Waals surface area contributed by atoms with Gasteiger partial charge in [-0.15, -0.1) is 0 Å². The van der Waals surface area contributed by atoms with E-state index in [-0.39, 0.29) is 53.6 Å². The van der Waals surface area contributed by atoms with Gasteiger partial charge in [0.15, 0.2) is 9.84 Å². The molecule has 2 aromatic carbocycles. The smallest absolute Gasteiger partial charge is 0.343 e. The molecule has 2 aromatic rings. The van der Waals surface area contributed by atoms with Crippen LogP contribution in [-0.4, -0.2) is 68.1 Å². The maximum absolute atomic E-state index is 15.0. The van der Waals surface area contributed by atoms with Crippen LogP contribution in [0.5, 0.6) is 0 Å². The largest absolute Gasteiger partial charge is 0.435 e. The van der Waals surface area contributed by atoms with E-state index in [0.29, 0.717) is 38.1 Å². The first-order valence-electron chi connectivity index (χ1n) is 13.8. The average Bonchev–Trinajstić information content (AvgIpc) is 3.37. The highest BCUT2D eigenvalue weighted by Gasteiger charge is 2.74. The Bertz CT molecular complexity index is 1510. The standard InChI is InChI=1S/C29H29F7N2O4S/c1-18(39)37-14-11-19(12-15-37)25(40)38-16-13-26(43(41,42)22-5-3-2-4-6-22)23-9-8-21(17-20(23)7-10-24(26)38)27(30,28(31,32)33)29(34,35)36/h2-6,8-9,17,19,24H,7,10-16H2,1H3/t24-,26-/m0/s1. The Morgan fingerprint density at radius 3 is 2.02 bits per heavy atom. The Balaban J connectivity index is 1.61. The molecule has 2 saturated heterocycles. The number of aryl methyl sites for hydroxylation is 1. The summed E-state index contributed by atoms with van der Waals surface area (Å²) in [7, 11) is -4.38. The molecule has 0 radical (unpaired) electrons. The van der Waals surface area contributed by atoms with Crippen molar-refractivity contribution in [2.45, 2.75) is 72.7 Å². The van der Waals surface area contributed by atoms with E-state index in [0.717, 1.165) is 6.07 Å². The molecule has 2 amide bonds. The minimum atomic E-state index is -6.32. The van der Waals surface area contributed by atoms with Crippen molar-refractivity contribution in [3.05, 3.63) is 65.2 Å². The van der Waals surface area contributed by atoms with Gasteiger partial charge in [-0.1, -0.05) is 36.4 Å². The fourth-order valence-corrected chi connectivity index (χ4v) is 9.37. The Morgan fingerprint density at radius 2 is 1.47 bits per heavy atom. The molecule has 234 valence electrons. The molecule has 2 fully saturated rings. The second kappa shape index (κ2) is 10.5. The van der Waals surface area contributed by atoms with Crippen LogP contribution in [0.2, 0.25) is 0 Å². The van der Waals surface area contributed by atoms with Crippen molar-refractivity contribution in [1.82, 2.24) is 9.80 Å². The third-order valence-electron chi connectivity index (χ3n) is 9.17. The van der Waals surface area contributed by atoms with Crippen LogP contribution in [0.4, 0.5) is 30.7 Å². The van der Waals surface area contributed by atoms with Crippen LogP contribution in [0.3, 0.4) is 0 Å². The summed E-state index contributed by atoms with van der Waals surface area (Å²) < 4.78 is 123. The highest BCUT2D eigenvalue weighted by atomic mass is 32.2. The van der Waals surface area contributed by atoms with Gasteiger partial charge in [0.25, 0.3) is 0 Å². The van der Waals surface area contributed by atoms with Gasteiger partial charge >= 0.3 is 18.0 Å². The highest BCUT2D eigenvalue weighted by Crippen LogP contribution is 2.57. The lowest BCUT2D eigenvalue weighted by Crippen LogP contribution is -2.54. The molecular weight excluding hydrogens is 605 g/mol. The number of likely N-dealkylation sites (tertiary alicyclic amines) is 2. The molecule has 5 rings (SSSR count). The Kier molecular flexibility index (Phi) is 7.62. The fourth-order valence-electron chi connectivity index (χ4n) is 6.98. The minimum Gasteiger partial charge on any atom is -0.343 e. The number of alkyl halides is 7. The molecule has 0 saturated carbocycles. The number of carbonyl (C=O) groups is 2. The van der Waals surface area contributed by atoms with Gasteiger partial charge in [-0.2, -0.15) is 26.3 Å². The molecule has 0 N–H and O–H groups in total. The number of rotatable bonds is 4. The van der Waals surface area contributed by atoms with E-state index in [1.165, 1.54) is 36.1 Å². The van der Waals surface area contributed by atoms with Gasteiger partial charge in [-0.25, -0.2) is 12.8 Å². The number of amides is 2. The predicted octanol–water partition coefficient (Wildman–Crippen LogP) is 5.45. The lowest BCUT2D eigenvalue weighted by atomic mass is 9.76. The SMILES string of the molecule is CC(=O)N1CCC(C(=O)N2CC[C@]3(S(=O)(=O)c4ccccc4)c4ccc(C(F)(C(F)(F)F)C(F)(F)F)cc4CC[C@H]23)CC1. The summed E-state index contributed by atoms with van der Waals surface area (Å²) in [5.41, 5.74) is -7.53. The molecule has 0 aromatic heterocycles. The zero-order valence-electron chi connectivity index (χ0n) is 23.0. The number of sulfone groups is 1. The maximum Gasteiger partial charge on any atom is 0.435 e. The lowest BCUT2D eigenvalue weighted by molar-refractivity contribution is -0.348. The van der Waals surface area contributed by atoms with Crippen molar-refractivity contribution in [3.63, 3.8) is 0 Å². The van der Waals surface area contributed by atoms with Gasteiger partial charge in [-0.05, 0) is 55.4 Å². The van der Waals surface area contributed by atoms with Gasteiger partial charge in [0.05, 0.1) is 10.9 Å². The van der Waals surface area contributed by atoms with Gasteiger partial charge in [0.2, 0.25) is 11.8 Å².